The number of amides is 2. The van der Waals surface area contributed by atoms with Crippen molar-refractivity contribution in [3.63, 3.8) is 0 Å². The van der Waals surface area contributed by atoms with Gasteiger partial charge in [-0.25, -0.2) is 0 Å². The van der Waals surface area contributed by atoms with Crippen LogP contribution in [0.15, 0.2) is 18.2 Å². The molecule has 1 rings (SSSR count). The Morgan fingerprint density at radius 2 is 2.06 bits per heavy atom. The highest BCUT2D eigenvalue weighted by molar-refractivity contribution is 5.93. The van der Waals surface area contributed by atoms with Gasteiger partial charge in [-0.05, 0) is 24.7 Å². The molecule has 18 heavy (non-hydrogen) atoms. The van der Waals surface area contributed by atoms with Gasteiger partial charge in [0.15, 0.2) is 0 Å². The van der Waals surface area contributed by atoms with Crippen molar-refractivity contribution in [3.05, 3.63) is 29.3 Å². The lowest BCUT2D eigenvalue weighted by atomic mass is 10.1. The van der Waals surface area contributed by atoms with E-state index in [1.165, 1.54) is 0 Å². The molecular formula is C12H18N4O2. The summed E-state index contributed by atoms with van der Waals surface area (Å²) in [5, 5.41) is 2.55. The zero-order valence-electron chi connectivity index (χ0n) is 10.6. The van der Waals surface area contributed by atoms with Gasteiger partial charge >= 0.3 is 0 Å². The number of hydrogen-bond acceptors (Lipinski definition) is 4. The van der Waals surface area contributed by atoms with Crippen molar-refractivity contribution < 1.29 is 9.59 Å². The molecule has 5 N–H and O–H groups in total. The number of nitrogens with one attached hydrogen (secondary N) is 1. The Hall–Kier alpha value is -2.08. The number of carbonyl (C=O) groups is 2. The van der Waals surface area contributed by atoms with E-state index in [1.54, 1.807) is 25.2 Å². The zero-order chi connectivity index (χ0) is 13.7. The van der Waals surface area contributed by atoms with Gasteiger partial charge in [0.2, 0.25) is 11.8 Å². The summed E-state index contributed by atoms with van der Waals surface area (Å²) in [6.07, 6.45) is 0. The van der Waals surface area contributed by atoms with E-state index in [0.29, 0.717) is 17.8 Å². The largest absolute Gasteiger partial charge is 0.398 e. The average molecular weight is 250 g/mol. The molecule has 1 aromatic rings. The zero-order valence-corrected chi connectivity index (χ0v) is 10.6. The molecule has 6 heteroatoms. The van der Waals surface area contributed by atoms with Crippen LogP contribution in [0.5, 0.6) is 0 Å². The molecule has 1 aromatic carbocycles. The fourth-order valence-corrected chi connectivity index (χ4v) is 1.56. The van der Waals surface area contributed by atoms with Gasteiger partial charge in [-0.3, -0.25) is 14.5 Å². The lowest BCUT2D eigenvalue weighted by Crippen LogP contribution is -2.32. The van der Waals surface area contributed by atoms with Crippen LogP contribution in [0.3, 0.4) is 0 Å². The Kier molecular flexibility index (Phi) is 4.67. The molecular weight excluding hydrogens is 232 g/mol. The number of primary amides is 1. The van der Waals surface area contributed by atoms with Crippen LogP contribution in [0.1, 0.15) is 15.9 Å². The second-order valence-corrected chi connectivity index (χ2v) is 4.12. The third-order valence-corrected chi connectivity index (χ3v) is 2.56. The Balaban J connectivity index is 2.73. The lowest BCUT2D eigenvalue weighted by Gasteiger charge is -2.17. The number of benzene rings is 1. The number of nitrogen functional groups attached to an aromatic ring is 1. The van der Waals surface area contributed by atoms with E-state index in [2.05, 4.69) is 5.32 Å². The second-order valence-electron chi connectivity index (χ2n) is 4.12. The quantitative estimate of drug-likeness (QED) is 0.616. The minimum absolute atomic E-state index is 0.0650. The predicted molar refractivity (Wildman–Crippen MR) is 69.8 cm³/mol. The Morgan fingerprint density at radius 3 is 2.56 bits per heavy atom. The monoisotopic (exact) mass is 250 g/mol. The normalized spacial score (nSPS) is 10.4. The molecule has 0 atom stereocenters. The van der Waals surface area contributed by atoms with E-state index in [9.17, 15) is 9.59 Å². The molecule has 0 radical (unpaired) electrons. The number of hydrogen-bond donors (Lipinski definition) is 3. The molecule has 98 valence electrons. The van der Waals surface area contributed by atoms with Crippen LogP contribution in [0.4, 0.5) is 5.69 Å². The molecule has 0 aliphatic rings. The van der Waals surface area contributed by atoms with Crippen molar-refractivity contribution >= 4 is 17.5 Å². The van der Waals surface area contributed by atoms with E-state index in [0.717, 1.165) is 5.56 Å². The van der Waals surface area contributed by atoms with Crippen LogP contribution in [-0.2, 0) is 11.3 Å². The van der Waals surface area contributed by atoms with Crippen LogP contribution in [0.2, 0.25) is 0 Å². The molecule has 2 amide bonds. The Morgan fingerprint density at radius 1 is 1.39 bits per heavy atom. The fourth-order valence-electron chi connectivity index (χ4n) is 1.56. The standard InChI is InChI=1S/C12H18N4O2/c1-15-11(17)7-16(2)6-9-4-3-8(12(14)18)5-10(9)13/h3-5H,6-7,13H2,1-2H3,(H2,14,18)(H,15,17). The highest BCUT2D eigenvalue weighted by atomic mass is 16.2. The van der Waals surface area contributed by atoms with Crippen molar-refractivity contribution in [3.8, 4) is 0 Å². The van der Waals surface area contributed by atoms with Crippen LogP contribution in [-0.4, -0.2) is 37.4 Å². The summed E-state index contributed by atoms with van der Waals surface area (Å²) in [7, 11) is 3.41. The van der Waals surface area contributed by atoms with Gasteiger partial charge in [0, 0.05) is 24.8 Å². The first-order chi connectivity index (χ1) is 8.43. The maximum Gasteiger partial charge on any atom is 0.248 e. The average Bonchev–Trinajstić information content (AvgIpc) is 2.31. The highest BCUT2D eigenvalue weighted by Gasteiger charge is 2.09. The Labute approximate surface area is 106 Å². The topological polar surface area (TPSA) is 101 Å². The highest BCUT2D eigenvalue weighted by Crippen LogP contribution is 2.15. The van der Waals surface area contributed by atoms with Gasteiger partial charge in [-0.1, -0.05) is 6.07 Å². The summed E-state index contributed by atoms with van der Waals surface area (Å²) in [6, 6.07) is 4.92. The molecule has 0 heterocycles. The van der Waals surface area contributed by atoms with E-state index in [1.807, 2.05) is 11.9 Å². The van der Waals surface area contributed by atoms with Crippen LogP contribution >= 0.6 is 0 Å². The number of likely N-dealkylation sites (N-methyl/N-ethyl adjacent to an activating group) is 2. The third-order valence-electron chi connectivity index (χ3n) is 2.56. The summed E-state index contributed by atoms with van der Waals surface area (Å²) in [5.74, 6) is -0.572. The van der Waals surface area contributed by atoms with E-state index in [4.69, 9.17) is 11.5 Å². The van der Waals surface area contributed by atoms with Crippen molar-refractivity contribution in [2.75, 3.05) is 26.4 Å². The molecule has 6 nitrogen and oxygen atoms in total. The van der Waals surface area contributed by atoms with E-state index >= 15 is 0 Å². The number of anilines is 1. The molecule has 0 aliphatic heterocycles. The van der Waals surface area contributed by atoms with Crippen LogP contribution in [0, 0.1) is 0 Å². The minimum Gasteiger partial charge on any atom is -0.398 e. The minimum atomic E-state index is -0.507. The first-order valence-corrected chi connectivity index (χ1v) is 5.51. The van der Waals surface area contributed by atoms with Gasteiger partial charge in [-0.2, -0.15) is 0 Å². The molecule has 0 spiro atoms. The van der Waals surface area contributed by atoms with Gasteiger partial charge in [0.05, 0.1) is 6.54 Å². The van der Waals surface area contributed by atoms with Gasteiger partial charge in [0.25, 0.3) is 0 Å². The number of nitrogens with zero attached hydrogens (tertiary/aromatic N) is 1. The predicted octanol–water partition coefficient (Wildman–Crippen LogP) is -0.454. The molecule has 0 saturated heterocycles. The van der Waals surface area contributed by atoms with Gasteiger partial charge < -0.3 is 16.8 Å². The fraction of sp³-hybridized carbons (Fsp3) is 0.333. The van der Waals surface area contributed by atoms with Gasteiger partial charge in [0.1, 0.15) is 0 Å². The van der Waals surface area contributed by atoms with E-state index < -0.39 is 5.91 Å². The number of carbonyl (C=O) groups excluding carboxylic acids is 2. The summed E-state index contributed by atoms with van der Waals surface area (Å²) in [6.45, 7) is 0.811. The maximum absolute atomic E-state index is 11.2. The summed E-state index contributed by atoms with van der Waals surface area (Å²) in [5.41, 5.74) is 12.7. The number of nitrogens with two attached hydrogens (primary N) is 2. The number of rotatable bonds is 5. The first kappa shape index (κ1) is 14.0. The van der Waals surface area contributed by atoms with Gasteiger partial charge in [-0.15, -0.1) is 0 Å². The molecule has 0 aromatic heterocycles. The molecule has 0 saturated carbocycles. The molecule has 0 bridgehead atoms. The SMILES string of the molecule is CNC(=O)CN(C)Cc1ccc(C(N)=O)cc1N. The Bertz CT molecular complexity index is 459. The van der Waals surface area contributed by atoms with Crippen molar-refractivity contribution in [2.45, 2.75) is 6.54 Å². The second kappa shape index (κ2) is 6.02. The van der Waals surface area contributed by atoms with E-state index in [-0.39, 0.29) is 12.5 Å². The van der Waals surface area contributed by atoms with Crippen LogP contribution in [0.25, 0.3) is 0 Å². The summed E-state index contributed by atoms with van der Waals surface area (Å²) >= 11 is 0. The maximum atomic E-state index is 11.2. The third kappa shape index (κ3) is 3.74. The lowest BCUT2D eigenvalue weighted by molar-refractivity contribution is -0.121. The molecule has 0 fully saturated rings. The summed E-state index contributed by atoms with van der Waals surface area (Å²) < 4.78 is 0. The van der Waals surface area contributed by atoms with Crippen molar-refractivity contribution in [1.82, 2.24) is 10.2 Å². The summed E-state index contributed by atoms with van der Waals surface area (Å²) in [4.78, 5) is 24.0. The molecule has 0 unspecified atom stereocenters. The first-order valence-electron chi connectivity index (χ1n) is 5.51. The molecule has 0 aliphatic carbocycles. The smallest absolute Gasteiger partial charge is 0.248 e. The van der Waals surface area contributed by atoms with Crippen LogP contribution < -0.4 is 16.8 Å². The van der Waals surface area contributed by atoms with Crippen molar-refractivity contribution in [2.24, 2.45) is 5.73 Å². The van der Waals surface area contributed by atoms with Crippen molar-refractivity contribution in [1.29, 1.82) is 0 Å².